The highest BCUT2D eigenvalue weighted by Gasteiger charge is 2.20. The summed E-state index contributed by atoms with van der Waals surface area (Å²) in [4.78, 5) is 30.3. The van der Waals surface area contributed by atoms with Crippen molar-refractivity contribution >= 4 is 44.3 Å². The van der Waals surface area contributed by atoms with Gasteiger partial charge in [0.2, 0.25) is 5.88 Å². The van der Waals surface area contributed by atoms with Crippen molar-refractivity contribution in [3.63, 3.8) is 0 Å². The smallest absolute Gasteiger partial charge is 0.324 e. The monoisotopic (exact) mass is 562 g/mol. The lowest BCUT2D eigenvalue weighted by molar-refractivity contribution is 0.0320. The minimum atomic E-state index is -0.404. The van der Waals surface area contributed by atoms with Gasteiger partial charge in [0, 0.05) is 48.6 Å². The Balaban J connectivity index is 1.08. The summed E-state index contributed by atoms with van der Waals surface area (Å²) in [7, 11) is 0. The molecule has 12 nitrogen and oxygen atoms in total. The molecule has 208 valence electrons. The van der Waals surface area contributed by atoms with Crippen LogP contribution in [0.1, 0.15) is 26.5 Å². The molecule has 0 spiro atoms. The van der Waals surface area contributed by atoms with Crippen molar-refractivity contribution in [1.82, 2.24) is 29.4 Å². The molecule has 1 aliphatic rings. The van der Waals surface area contributed by atoms with Gasteiger partial charge in [-0.1, -0.05) is 49.4 Å². The van der Waals surface area contributed by atoms with E-state index >= 15 is 0 Å². The van der Waals surface area contributed by atoms with E-state index in [4.69, 9.17) is 19.0 Å². The van der Waals surface area contributed by atoms with Crippen molar-refractivity contribution < 1.29 is 18.8 Å². The Hall–Kier alpha value is -4.07. The second kappa shape index (κ2) is 10.8. The van der Waals surface area contributed by atoms with E-state index < -0.39 is 6.03 Å². The molecule has 5 heterocycles. The predicted molar refractivity (Wildman–Crippen MR) is 152 cm³/mol. The molecule has 1 saturated heterocycles. The van der Waals surface area contributed by atoms with E-state index in [-0.39, 0.29) is 5.41 Å². The molecular weight excluding hydrogens is 532 g/mol. The van der Waals surface area contributed by atoms with Crippen molar-refractivity contribution in [3.05, 3.63) is 48.5 Å². The second-order valence-electron chi connectivity index (χ2n) is 10.5. The first-order valence-corrected chi connectivity index (χ1v) is 13.9. The third-order valence-electron chi connectivity index (χ3n) is 6.48. The number of imidazole rings is 1. The molecule has 4 aromatic heterocycles. The summed E-state index contributed by atoms with van der Waals surface area (Å²) in [6.45, 7) is 10.8. The maximum atomic E-state index is 12.4. The van der Waals surface area contributed by atoms with Gasteiger partial charge in [-0.2, -0.15) is 4.98 Å². The number of thiazole rings is 1. The number of fused-ring (bicyclic) bond motifs is 3. The first-order valence-electron chi connectivity index (χ1n) is 13.0. The number of nitrogens with zero attached hydrogens (tertiary/aromatic N) is 6. The van der Waals surface area contributed by atoms with Crippen LogP contribution in [0.5, 0.6) is 5.88 Å². The van der Waals surface area contributed by atoms with Gasteiger partial charge in [-0.15, -0.1) is 0 Å². The Kier molecular flexibility index (Phi) is 7.09. The molecule has 1 aromatic carbocycles. The number of amides is 2. The van der Waals surface area contributed by atoms with Gasteiger partial charge < -0.3 is 19.3 Å². The molecule has 6 rings (SSSR count). The molecule has 1 fully saturated rings. The summed E-state index contributed by atoms with van der Waals surface area (Å²) < 4.78 is 18.5. The van der Waals surface area contributed by atoms with E-state index in [0.29, 0.717) is 29.8 Å². The van der Waals surface area contributed by atoms with Crippen LogP contribution >= 0.6 is 11.3 Å². The number of carbonyl (C=O) groups excluding carboxylic acids is 1. The molecular formula is C27H30N8O4S. The molecule has 5 aromatic rings. The standard InChI is InChI=1S/C27H30N8O4S/c1-27(2,3)20-14-21(33-39-20)31-25(36)29-18-6-4-17(5-7-18)19-16-35-23-24(40-26(35)30-19)32-22(15-28-23)38-13-10-34-8-11-37-12-9-34/h4-7,14-16H,8-13H2,1-3H3,(H2,29,31,33,36). The lowest BCUT2D eigenvalue weighted by atomic mass is 9.93. The van der Waals surface area contributed by atoms with Gasteiger partial charge in [-0.25, -0.2) is 14.8 Å². The molecule has 0 atom stereocenters. The Morgan fingerprint density at radius 1 is 1.12 bits per heavy atom. The molecule has 0 unspecified atom stereocenters. The Morgan fingerprint density at radius 3 is 2.67 bits per heavy atom. The van der Waals surface area contributed by atoms with E-state index in [2.05, 4.69) is 30.7 Å². The minimum absolute atomic E-state index is 0.194. The van der Waals surface area contributed by atoms with E-state index in [1.54, 1.807) is 12.3 Å². The summed E-state index contributed by atoms with van der Waals surface area (Å²) in [6.07, 6.45) is 3.59. The van der Waals surface area contributed by atoms with Crippen LogP contribution in [0, 0.1) is 0 Å². The average molecular weight is 563 g/mol. The van der Waals surface area contributed by atoms with Crippen LogP contribution in [-0.4, -0.2) is 74.9 Å². The number of hydrogen-bond acceptors (Lipinski definition) is 10. The molecule has 2 N–H and O–H groups in total. The zero-order valence-corrected chi connectivity index (χ0v) is 23.3. The van der Waals surface area contributed by atoms with Gasteiger partial charge in [-0.3, -0.25) is 14.6 Å². The zero-order chi connectivity index (χ0) is 27.7. The lowest BCUT2D eigenvalue weighted by Crippen LogP contribution is -2.38. The third kappa shape index (κ3) is 5.76. The Morgan fingerprint density at radius 2 is 1.93 bits per heavy atom. The van der Waals surface area contributed by atoms with E-state index in [9.17, 15) is 4.79 Å². The summed E-state index contributed by atoms with van der Waals surface area (Å²) in [5, 5.41) is 9.41. The van der Waals surface area contributed by atoms with Crippen LogP contribution in [0.25, 0.3) is 26.7 Å². The SMILES string of the molecule is CC(C)(C)c1cc(NC(=O)Nc2ccc(-c3cn4c(n3)sc3nc(OCCN5CCOCC5)cnc34)cc2)no1. The van der Waals surface area contributed by atoms with Crippen molar-refractivity contribution in [1.29, 1.82) is 0 Å². The van der Waals surface area contributed by atoms with Gasteiger partial charge in [-0.05, 0) is 12.1 Å². The number of carbonyl (C=O) groups is 1. The number of morpholine rings is 1. The third-order valence-corrected chi connectivity index (χ3v) is 7.42. The Labute approximate surface area is 234 Å². The van der Waals surface area contributed by atoms with Crippen LogP contribution in [0.2, 0.25) is 0 Å². The van der Waals surface area contributed by atoms with Crippen molar-refractivity contribution in [2.45, 2.75) is 26.2 Å². The number of urea groups is 1. The fourth-order valence-corrected chi connectivity index (χ4v) is 5.19. The van der Waals surface area contributed by atoms with E-state index in [1.165, 1.54) is 11.3 Å². The largest absolute Gasteiger partial charge is 0.475 e. The van der Waals surface area contributed by atoms with Crippen LogP contribution in [-0.2, 0) is 10.2 Å². The number of benzene rings is 1. The van der Waals surface area contributed by atoms with Gasteiger partial charge in [0.05, 0.1) is 25.1 Å². The van der Waals surface area contributed by atoms with Crippen LogP contribution < -0.4 is 15.4 Å². The highest BCUT2D eigenvalue weighted by molar-refractivity contribution is 7.23. The van der Waals surface area contributed by atoms with Gasteiger partial charge >= 0.3 is 6.03 Å². The average Bonchev–Trinajstić information content (AvgIpc) is 3.64. The highest BCUT2D eigenvalue weighted by Crippen LogP contribution is 2.29. The topological polar surface area (TPSA) is 132 Å². The predicted octanol–water partition coefficient (Wildman–Crippen LogP) is 4.65. The summed E-state index contributed by atoms with van der Waals surface area (Å²) in [5.74, 6) is 1.56. The van der Waals surface area contributed by atoms with Gasteiger partial charge in [0.1, 0.15) is 12.4 Å². The number of rotatable bonds is 7. The molecule has 1 aliphatic heterocycles. The van der Waals surface area contributed by atoms with E-state index in [1.807, 2.05) is 55.6 Å². The fraction of sp³-hybridized carbons (Fsp3) is 0.370. The maximum Gasteiger partial charge on any atom is 0.324 e. The molecule has 2 amide bonds. The van der Waals surface area contributed by atoms with Crippen LogP contribution in [0.4, 0.5) is 16.3 Å². The molecule has 0 radical (unpaired) electrons. The molecule has 0 saturated carbocycles. The number of ether oxygens (including phenoxy) is 2. The second-order valence-corrected chi connectivity index (χ2v) is 11.5. The lowest BCUT2D eigenvalue weighted by Gasteiger charge is -2.26. The first kappa shape index (κ1) is 26.2. The normalized spacial score (nSPS) is 14.6. The number of hydrogen-bond donors (Lipinski definition) is 2. The summed E-state index contributed by atoms with van der Waals surface area (Å²) in [6, 6.07) is 8.78. The summed E-state index contributed by atoms with van der Waals surface area (Å²) in [5.41, 5.74) is 2.89. The van der Waals surface area contributed by atoms with Crippen molar-refractivity contribution in [3.8, 4) is 17.1 Å². The first-order chi connectivity index (χ1) is 19.3. The molecule has 0 bridgehead atoms. The number of anilines is 2. The van der Waals surface area contributed by atoms with Crippen LogP contribution in [0.15, 0.2) is 47.2 Å². The van der Waals surface area contributed by atoms with E-state index in [0.717, 1.165) is 59.5 Å². The van der Waals surface area contributed by atoms with Crippen LogP contribution in [0.3, 0.4) is 0 Å². The van der Waals surface area contributed by atoms with Gasteiger partial charge in [0.15, 0.2) is 21.3 Å². The number of aromatic nitrogens is 5. The van der Waals surface area contributed by atoms with Crippen molar-refractivity contribution in [2.75, 3.05) is 50.1 Å². The highest BCUT2D eigenvalue weighted by atomic mass is 32.1. The van der Waals surface area contributed by atoms with Gasteiger partial charge in [0.25, 0.3) is 0 Å². The quantitative estimate of drug-likeness (QED) is 0.291. The summed E-state index contributed by atoms with van der Waals surface area (Å²) >= 11 is 1.46. The van der Waals surface area contributed by atoms with Crippen molar-refractivity contribution in [2.24, 2.45) is 0 Å². The molecule has 40 heavy (non-hydrogen) atoms. The Bertz CT molecular complexity index is 1630. The molecule has 0 aliphatic carbocycles. The molecule has 13 heteroatoms. The zero-order valence-electron chi connectivity index (χ0n) is 22.5. The fourth-order valence-electron chi connectivity index (χ4n) is 4.26. The number of nitrogens with one attached hydrogen (secondary N) is 2. The minimum Gasteiger partial charge on any atom is -0.475 e. The maximum absolute atomic E-state index is 12.4.